The van der Waals surface area contributed by atoms with Crippen LogP contribution in [0.15, 0.2) is 54.9 Å². The van der Waals surface area contributed by atoms with Crippen molar-refractivity contribution in [3.8, 4) is 17.2 Å². The van der Waals surface area contributed by atoms with Gasteiger partial charge in [0, 0.05) is 17.4 Å². The molecule has 1 aromatic heterocycles. The number of rotatable bonds is 6. The molecule has 3 rings (SSSR count). The van der Waals surface area contributed by atoms with Gasteiger partial charge in [0.25, 0.3) is 0 Å². The molecule has 1 heterocycles. The molecule has 2 N–H and O–H groups in total. The van der Waals surface area contributed by atoms with Gasteiger partial charge in [0.05, 0.1) is 29.0 Å². The number of hydrogen-bond donors (Lipinski definition) is 2. The number of nitrogens with one attached hydrogen (secondary N) is 2. The van der Waals surface area contributed by atoms with Crippen molar-refractivity contribution in [3.63, 3.8) is 0 Å². The fourth-order valence-electron chi connectivity index (χ4n) is 2.80. The number of urea groups is 1. The number of halogens is 2. The van der Waals surface area contributed by atoms with Crippen LogP contribution >= 0.6 is 23.2 Å². The lowest BCUT2D eigenvalue weighted by atomic mass is 10.0. The molecule has 2 amide bonds. The van der Waals surface area contributed by atoms with E-state index in [1.807, 2.05) is 12.1 Å². The van der Waals surface area contributed by atoms with Crippen molar-refractivity contribution in [2.45, 2.75) is 19.8 Å². The molecule has 156 valence electrons. The summed E-state index contributed by atoms with van der Waals surface area (Å²) in [6, 6.07) is 11.7. The number of ether oxygens (including phenoxy) is 2. The van der Waals surface area contributed by atoms with E-state index in [2.05, 4.69) is 29.5 Å². The monoisotopic (exact) mass is 445 g/mol. The number of amides is 2. The molecule has 0 saturated heterocycles. The van der Waals surface area contributed by atoms with E-state index in [1.54, 1.807) is 43.6 Å². The van der Waals surface area contributed by atoms with Gasteiger partial charge in [0.2, 0.25) is 0 Å². The lowest BCUT2D eigenvalue weighted by Crippen LogP contribution is -2.19. The molecule has 0 aliphatic carbocycles. The summed E-state index contributed by atoms with van der Waals surface area (Å²) in [5.74, 6) is 1.92. The Morgan fingerprint density at radius 3 is 2.33 bits per heavy atom. The van der Waals surface area contributed by atoms with Gasteiger partial charge in [0.15, 0.2) is 5.75 Å². The number of carbonyl (C=O) groups excluding carboxylic acids is 1. The quantitative estimate of drug-likeness (QED) is 0.430. The Morgan fingerprint density at radius 2 is 1.73 bits per heavy atom. The Labute approximate surface area is 185 Å². The normalized spacial score (nSPS) is 10.6. The first-order valence-electron chi connectivity index (χ1n) is 9.20. The van der Waals surface area contributed by atoms with Crippen molar-refractivity contribution in [2.24, 2.45) is 0 Å². The third-order valence-electron chi connectivity index (χ3n) is 4.22. The van der Waals surface area contributed by atoms with Crippen LogP contribution in [0.1, 0.15) is 25.3 Å². The smallest absolute Gasteiger partial charge is 0.323 e. The molecule has 0 spiro atoms. The van der Waals surface area contributed by atoms with Crippen LogP contribution in [0.5, 0.6) is 17.2 Å². The van der Waals surface area contributed by atoms with E-state index in [1.165, 1.54) is 6.20 Å². The Hall–Kier alpha value is -2.96. The number of carbonyl (C=O) groups is 1. The summed E-state index contributed by atoms with van der Waals surface area (Å²) >= 11 is 12.7. The molecular formula is C22H21Cl2N3O3. The predicted molar refractivity (Wildman–Crippen MR) is 120 cm³/mol. The summed E-state index contributed by atoms with van der Waals surface area (Å²) in [5.41, 5.74) is 2.00. The van der Waals surface area contributed by atoms with Crippen molar-refractivity contribution in [3.05, 3.63) is 70.5 Å². The zero-order chi connectivity index (χ0) is 21.7. The highest BCUT2D eigenvalue weighted by atomic mass is 35.5. The van der Waals surface area contributed by atoms with Crippen LogP contribution in [0.25, 0.3) is 0 Å². The Bertz CT molecular complexity index is 1020. The van der Waals surface area contributed by atoms with E-state index in [-0.39, 0.29) is 16.0 Å². The molecule has 0 unspecified atom stereocenters. The van der Waals surface area contributed by atoms with Crippen LogP contribution in [0.2, 0.25) is 10.0 Å². The second-order valence-electron chi connectivity index (χ2n) is 6.75. The number of methoxy groups -OCH3 is 1. The highest BCUT2D eigenvalue weighted by Gasteiger charge is 2.15. The van der Waals surface area contributed by atoms with Gasteiger partial charge >= 0.3 is 6.03 Å². The third-order valence-corrected chi connectivity index (χ3v) is 4.78. The molecule has 0 atom stereocenters. The fraction of sp³-hybridized carbons (Fsp3) is 0.182. The van der Waals surface area contributed by atoms with Crippen LogP contribution in [-0.2, 0) is 0 Å². The zero-order valence-electron chi connectivity index (χ0n) is 16.7. The van der Waals surface area contributed by atoms with Gasteiger partial charge in [-0.25, -0.2) is 4.79 Å². The summed E-state index contributed by atoms with van der Waals surface area (Å²) in [6.45, 7) is 4.14. The van der Waals surface area contributed by atoms with Gasteiger partial charge in [-0.2, -0.15) is 0 Å². The maximum absolute atomic E-state index is 12.2. The molecule has 0 bridgehead atoms. The summed E-state index contributed by atoms with van der Waals surface area (Å²) in [5, 5.41) is 5.88. The highest BCUT2D eigenvalue weighted by Crippen LogP contribution is 2.40. The van der Waals surface area contributed by atoms with Gasteiger partial charge in [-0.3, -0.25) is 4.98 Å². The summed E-state index contributed by atoms with van der Waals surface area (Å²) in [7, 11) is 1.63. The lowest BCUT2D eigenvalue weighted by Gasteiger charge is -2.16. The summed E-state index contributed by atoms with van der Waals surface area (Å²) in [6.07, 6.45) is 3.16. The summed E-state index contributed by atoms with van der Waals surface area (Å²) < 4.78 is 11.3. The fourth-order valence-corrected chi connectivity index (χ4v) is 3.37. The van der Waals surface area contributed by atoms with Crippen molar-refractivity contribution in [1.82, 2.24) is 4.98 Å². The number of nitrogens with zero attached hydrogens (tertiary/aromatic N) is 1. The largest absolute Gasteiger partial charge is 0.496 e. The molecule has 0 fully saturated rings. The molecule has 2 aromatic carbocycles. The van der Waals surface area contributed by atoms with Gasteiger partial charge in [0.1, 0.15) is 11.5 Å². The highest BCUT2D eigenvalue weighted by molar-refractivity contribution is 6.37. The molecule has 0 radical (unpaired) electrons. The van der Waals surface area contributed by atoms with Crippen molar-refractivity contribution in [2.75, 3.05) is 17.7 Å². The SMILES string of the molecule is COc1ccc(Oc2c(Cl)cc(NC(=O)Nc3cccnc3)cc2Cl)cc1C(C)C. The zero-order valence-corrected chi connectivity index (χ0v) is 18.2. The third kappa shape index (κ3) is 5.34. The van der Waals surface area contributed by atoms with Gasteiger partial charge in [-0.05, 0) is 48.4 Å². The first-order chi connectivity index (χ1) is 14.4. The van der Waals surface area contributed by atoms with Gasteiger partial charge < -0.3 is 20.1 Å². The molecule has 0 aliphatic heterocycles. The minimum atomic E-state index is -0.444. The number of hydrogen-bond acceptors (Lipinski definition) is 4. The maximum Gasteiger partial charge on any atom is 0.323 e. The average molecular weight is 446 g/mol. The van der Waals surface area contributed by atoms with E-state index in [0.29, 0.717) is 22.9 Å². The molecule has 3 aromatic rings. The van der Waals surface area contributed by atoms with E-state index in [0.717, 1.165) is 11.3 Å². The Morgan fingerprint density at radius 1 is 1.03 bits per heavy atom. The first-order valence-corrected chi connectivity index (χ1v) is 9.96. The number of benzene rings is 2. The average Bonchev–Trinajstić information content (AvgIpc) is 2.71. The minimum Gasteiger partial charge on any atom is -0.496 e. The predicted octanol–water partition coefficient (Wildman–Crippen LogP) is 6.96. The van der Waals surface area contributed by atoms with Gasteiger partial charge in [-0.1, -0.05) is 37.0 Å². The molecule has 8 heteroatoms. The van der Waals surface area contributed by atoms with Crippen LogP contribution in [-0.4, -0.2) is 18.1 Å². The van der Waals surface area contributed by atoms with E-state index >= 15 is 0 Å². The second-order valence-corrected chi connectivity index (χ2v) is 7.56. The maximum atomic E-state index is 12.2. The molecule has 0 saturated carbocycles. The van der Waals surface area contributed by atoms with Crippen molar-refractivity contribution in [1.29, 1.82) is 0 Å². The Balaban J connectivity index is 1.76. The van der Waals surface area contributed by atoms with E-state index in [4.69, 9.17) is 32.7 Å². The number of aromatic nitrogens is 1. The van der Waals surface area contributed by atoms with Crippen molar-refractivity contribution >= 4 is 40.6 Å². The van der Waals surface area contributed by atoms with Crippen LogP contribution in [0.3, 0.4) is 0 Å². The molecule has 0 aliphatic rings. The second kappa shape index (κ2) is 9.69. The topological polar surface area (TPSA) is 72.5 Å². The van der Waals surface area contributed by atoms with Crippen LogP contribution in [0.4, 0.5) is 16.2 Å². The standard InChI is InChI=1S/C22H21Cl2N3O3/c1-13(2)17-11-16(6-7-20(17)29-3)30-21-18(23)9-15(10-19(21)24)27-22(28)26-14-5-4-8-25-12-14/h4-13H,1-3H3,(H2,26,27,28). The Kier molecular flexibility index (Phi) is 7.03. The molecule has 6 nitrogen and oxygen atoms in total. The number of pyridine rings is 1. The van der Waals surface area contributed by atoms with Crippen LogP contribution in [0, 0.1) is 0 Å². The first kappa shape index (κ1) is 21.7. The lowest BCUT2D eigenvalue weighted by molar-refractivity contribution is 0.262. The molecular weight excluding hydrogens is 425 g/mol. The van der Waals surface area contributed by atoms with Gasteiger partial charge in [-0.15, -0.1) is 0 Å². The van der Waals surface area contributed by atoms with E-state index in [9.17, 15) is 4.79 Å². The van der Waals surface area contributed by atoms with Crippen molar-refractivity contribution < 1.29 is 14.3 Å². The van der Waals surface area contributed by atoms with Crippen LogP contribution < -0.4 is 20.1 Å². The van der Waals surface area contributed by atoms with E-state index < -0.39 is 6.03 Å². The summed E-state index contributed by atoms with van der Waals surface area (Å²) in [4.78, 5) is 16.1. The number of anilines is 2. The molecule has 30 heavy (non-hydrogen) atoms. The minimum absolute atomic E-state index is 0.249.